The number of furan rings is 1. The number of aryl methyl sites for hydroxylation is 1. The maximum atomic E-state index is 12.0. The summed E-state index contributed by atoms with van der Waals surface area (Å²) >= 11 is 0. The number of aliphatic hydroxyl groups is 1. The van der Waals surface area contributed by atoms with E-state index in [2.05, 4.69) is 10.6 Å². The maximum Gasteiger partial charge on any atom is 0.315 e. The van der Waals surface area contributed by atoms with Crippen LogP contribution < -0.4 is 15.4 Å². The first-order valence-corrected chi connectivity index (χ1v) is 8.47. The van der Waals surface area contributed by atoms with Crippen molar-refractivity contribution in [1.29, 1.82) is 0 Å². The molecular formula is C19H26N2O4. The van der Waals surface area contributed by atoms with Crippen LogP contribution in [0, 0.1) is 6.92 Å². The third-order valence-corrected chi connectivity index (χ3v) is 3.82. The molecule has 0 spiro atoms. The van der Waals surface area contributed by atoms with Gasteiger partial charge in [-0.05, 0) is 50.1 Å². The average molecular weight is 346 g/mol. The van der Waals surface area contributed by atoms with Crippen molar-refractivity contribution in [2.75, 3.05) is 6.61 Å². The minimum atomic E-state index is -0.737. The van der Waals surface area contributed by atoms with E-state index in [1.807, 2.05) is 39.0 Å². The predicted molar refractivity (Wildman–Crippen MR) is 95.5 cm³/mol. The van der Waals surface area contributed by atoms with Crippen LogP contribution in [0.2, 0.25) is 0 Å². The molecule has 0 fully saturated rings. The van der Waals surface area contributed by atoms with Crippen LogP contribution in [0.15, 0.2) is 41.0 Å². The van der Waals surface area contributed by atoms with Crippen molar-refractivity contribution < 1.29 is 19.1 Å². The molecule has 1 aromatic carbocycles. The zero-order chi connectivity index (χ0) is 18.2. The molecule has 6 heteroatoms. The molecule has 0 radical (unpaired) electrons. The molecule has 6 nitrogen and oxygen atoms in total. The van der Waals surface area contributed by atoms with Crippen LogP contribution in [0.5, 0.6) is 5.75 Å². The van der Waals surface area contributed by atoms with Gasteiger partial charge in [0.15, 0.2) is 0 Å². The largest absolute Gasteiger partial charge is 0.494 e. The number of carbonyl (C=O) groups excluding carboxylic acids is 1. The van der Waals surface area contributed by atoms with Crippen LogP contribution in [0.1, 0.15) is 43.3 Å². The van der Waals surface area contributed by atoms with Gasteiger partial charge in [0.2, 0.25) is 0 Å². The highest BCUT2D eigenvalue weighted by atomic mass is 16.5. The van der Waals surface area contributed by atoms with Gasteiger partial charge in [-0.1, -0.05) is 12.1 Å². The molecule has 0 aliphatic heterocycles. The Morgan fingerprint density at radius 1 is 1.36 bits per heavy atom. The first kappa shape index (κ1) is 18.9. The summed E-state index contributed by atoms with van der Waals surface area (Å²) in [6.45, 7) is 6.82. The van der Waals surface area contributed by atoms with Crippen LogP contribution in [-0.2, 0) is 6.54 Å². The summed E-state index contributed by atoms with van der Waals surface area (Å²) in [4.78, 5) is 12.0. The van der Waals surface area contributed by atoms with E-state index in [4.69, 9.17) is 9.15 Å². The van der Waals surface area contributed by atoms with E-state index in [1.165, 1.54) is 6.26 Å². The molecular weight excluding hydrogens is 320 g/mol. The number of ether oxygens (including phenoxy) is 1. The Morgan fingerprint density at radius 2 is 2.16 bits per heavy atom. The van der Waals surface area contributed by atoms with E-state index < -0.39 is 6.10 Å². The summed E-state index contributed by atoms with van der Waals surface area (Å²) in [6, 6.07) is 8.81. The smallest absolute Gasteiger partial charge is 0.315 e. The molecule has 2 atom stereocenters. The number of hydrogen-bond donors (Lipinski definition) is 3. The molecule has 25 heavy (non-hydrogen) atoms. The summed E-state index contributed by atoms with van der Waals surface area (Å²) in [5.41, 5.74) is 2.04. The molecule has 1 aromatic heterocycles. The number of amides is 2. The van der Waals surface area contributed by atoms with Crippen LogP contribution in [0.4, 0.5) is 4.79 Å². The van der Waals surface area contributed by atoms with Crippen molar-refractivity contribution in [3.63, 3.8) is 0 Å². The minimum absolute atomic E-state index is 0.192. The molecule has 0 bridgehead atoms. The number of carbonyl (C=O) groups is 1. The van der Waals surface area contributed by atoms with Crippen molar-refractivity contribution in [2.24, 2.45) is 0 Å². The van der Waals surface area contributed by atoms with Crippen molar-refractivity contribution in [3.8, 4) is 5.75 Å². The molecule has 0 saturated carbocycles. The summed E-state index contributed by atoms with van der Waals surface area (Å²) in [5.74, 6) is 1.36. The molecule has 2 amide bonds. The number of rotatable bonds is 8. The standard InChI is InChI=1S/C19H26N2O4/c1-4-24-17-8-7-15(10-13(17)2)12-20-19(23)21-14(3)11-16(22)18-6-5-9-25-18/h5-10,14,16,22H,4,11-12H2,1-3H3,(H2,20,21,23). The Labute approximate surface area is 148 Å². The minimum Gasteiger partial charge on any atom is -0.494 e. The lowest BCUT2D eigenvalue weighted by Crippen LogP contribution is -2.41. The van der Waals surface area contributed by atoms with Gasteiger partial charge in [-0.2, -0.15) is 0 Å². The molecule has 136 valence electrons. The van der Waals surface area contributed by atoms with E-state index in [-0.39, 0.29) is 12.1 Å². The van der Waals surface area contributed by atoms with Gasteiger partial charge < -0.3 is 24.9 Å². The molecule has 2 aromatic rings. The van der Waals surface area contributed by atoms with Gasteiger partial charge in [-0.3, -0.25) is 0 Å². The SMILES string of the molecule is CCOc1ccc(CNC(=O)NC(C)CC(O)c2ccco2)cc1C. The Bertz CT molecular complexity index is 670. The van der Waals surface area contributed by atoms with E-state index in [9.17, 15) is 9.90 Å². The molecule has 0 aliphatic rings. The number of hydrogen-bond acceptors (Lipinski definition) is 4. The third kappa shape index (κ3) is 5.83. The topological polar surface area (TPSA) is 83.7 Å². The fraction of sp³-hybridized carbons (Fsp3) is 0.421. The van der Waals surface area contributed by atoms with Gasteiger partial charge in [0.05, 0.1) is 12.9 Å². The van der Waals surface area contributed by atoms with Gasteiger partial charge >= 0.3 is 6.03 Å². The molecule has 0 saturated heterocycles. The van der Waals surface area contributed by atoms with E-state index in [0.717, 1.165) is 16.9 Å². The lowest BCUT2D eigenvalue weighted by Gasteiger charge is -2.17. The first-order chi connectivity index (χ1) is 12.0. The second-order valence-electron chi connectivity index (χ2n) is 6.03. The van der Waals surface area contributed by atoms with Gasteiger partial charge in [-0.25, -0.2) is 4.79 Å². The number of benzene rings is 1. The molecule has 1 heterocycles. The Morgan fingerprint density at radius 3 is 2.80 bits per heavy atom. The van der Waals surface area contributed by atoms with E-state index in [1.54, 1.807) is 12.1 Å². The second-order valence-corrected chi connectivity index (χ2v) is 6.03. The Hall–Kier alpha value is -2.47. The number of nitrogens with one attached hydrogen (secondary N) is 2. The average Bonchev–Trinajstić information content (AvgIpc) is 3.10. The van der Waals surface area contributed by atoms with Crippen molar-refractivity contribution in [1.82, 2.24) is 10.6 Å². The summed E-state index contributed by atoms with van der Waals surface area (Å²) in [5, 5.41) is 15.7. The zero-order valence-electron chi connectivity index (χ0n) is 14.9. The van der Waals surface area contributed by atoms with Crippen LogP contribution in [-0.4, -0.2) is 23.8 Å². The predicted octanol–water partition coefficient (Wildman–Crippen LogP) is 3.30. The van der Waals surface area contributed by atoms with Crippen LogP contribution in [0.3, 0.4) is 0 Å². The van der Waals surface area contributed by atoms with E-state index in [0.29, 0.717) is 25.3 Å². The normalized spacial score (nSPS) is 13.1. The highest BCUT2D eigenvalue weighted by molar-refractivity contribution is 5.74. The monoisotopic (exact) mass is 346 g/mol. The molecule has 2 rings (SSSR count). The van der Waals surface area contributed by atoms with Crippen molar-refractivity contribution in [3.05, 3.63) is 53.5 Å². The summed E-state index contributed by atoms with van der Waals surface area (Å²) in [7, 11) is 0. The van der Waals surface area contributed by atoms with Crippen molar-refractivity contribution >= 4 is 6.03 Å². The third-order valence-electron chi connectivity index (χ3n) is 3.82. The summed E-state index contributed by atoms with van der Waals surface area (Å²) < 4.78 is 10.7. The first-order valence-electron chi connectivity index (χ1n) is 8.47. The van der Waals surface area contributed by atoms with Crippen LogP contribution >= 0.6 is 0 Å². The summed E-state index contributed by atoms with van der Waals surface area (Å²) in [6.07, 6.45) is 1.16. The second kappa shape index (κ2) is 9.13. The Balaban J connectivity index is 1.77. The molecule has 0 aliphatic carbocycles. The number of urea groups is 1. The van der Waals surface area contributed by atoms with Gasteiger partial charge in [0, 0.05) is 19.0 Å². The lowest BCUT2D eigenvalue weighted by atomic mass is 10.1. The fourth-order valence-corrected chi connectivity index (χ4v) is 2.59. The van der Waals surface area contributed by atoms with Gasteiger partial charge in [0.1, 0.15) is 17.6 Å². The van der Waals surface area contributed by atoms with Gasteiger partial charge in [0.25, 0.3) is 0 Å². The van der Waals surface area contributed by atoms with E-state index >= 15 is 0 Å². The zero-order valence-corrected chi connectivity index (χ0v) is 14.9. The van der Waals surface area contributed by atoms with Crippen LogP contribution in [0.25, 0.3) is 0 Å². The Kier molecular flexibility index (Phi) is 6.89. The molecule has 2 unspecified atom stereocenters. The fourth-order valence-electron chi connectivity index (χ4n) is 2.59. The van der Waals surface area contributed by atoms with Crippen molar-refractivity contribution in [2.45, 2.75) is 45.9 Å². The highest BCUT2D eigenvalue weighted by Gasteiger charge is 2.16. The lowest BCUT2D eigenvalue weighted by molar-refractivity contribution is 0.129. The number of aliphatic hydroxyl groups excluding tert-OH is 1. The highest BCUT2D eigenvalue weighted by Crippen LogP contribution is 2.19. The molecule has 3 N–H and O–H groups in total. The maximum absolute atomic E-state index is 12.0. The van der Waals surface area contributed by atoms with Gasteiger partial charge in [-0.15, -0.1) is 0 Å². The quantitative estimate of drug-likeness (QED) is 0.685.